The fourth-order valence-corrected chi connectivity index (χ4v) is 5.94. The number of imide groups is 1. The summed E-state index contributed by atoms with van der Waals surface area (Å²) in [5, 5.41) is 9.35. The van der Waals surface area contributed by atoms with Crippen LogP contribution in [0.2, 0.25) is 0 Å². The molecule has 2 aromatic carbocycles. The number of hydrogen-bond donors (Lipinski definition) is 2. The van der Waals surface area contributed by atoms with Crippen molar-refractivity contribution in [1.82, 2.24) is 15.7 Å². The SMILES string of the molecule is B=NOC(=O)c1ccc(C(=O)NCCCCCCNC(=O)c2ccc(C(=O)ON3C(=O)C4C5C=CC(C5)C4C3=O)cc2)cc1. The van der Waals surface area contributed by atoms with E-state index in [1.54, 1.807) is 0 Å². The molecule has 0 radical (unpaired) electrons. The van der Waals surface area contributed by atoms with E-state index in [0.717, 1.165) is 32.1 Å². The summed E-state index contributed by atoms with van der Waals surface area (Å²) in [6.07, 6.45) is 7.93. The van der Waals surface area contributed by atoms with Gasteiger partial charge in [0.05, 0.1) is 17.4 Å². The van der Waals surface area contributed by atoms with Gasteiger partial charge in [-0.3, -0.25) is 14.4 Å². The second kappa shape index (κ2) is 13.6. The molecule has 4 amide bonds. The molecule has 1 aliphatic heterocycles. The number of carbonyl (C=O) groups excluding carboxylic acids is 6. The number of rotatable bonds is 13. The molecule has 4 unspecified atom stereocenters. The topological polar surface area (TPSA) is 161 Å². The van der Waals surface area contributed by atoms with Crippen molar-refractivity contribution >= 4 is 43.2 Å². The third-order valence-electron chi connectivity index (χ3n) is 8.19. The van der Waals surface area contributed by atoms with Crippen LogP contribution in [-0.2, 0) is 19.3 Å². The number of allylic oxidation sites excluding steroid dienone is 2. The van der Waals surface area contributed by atoms with Gasteiger partial charge in [-0.05, 0) is 48.9 Å². The maximum atomic E-state index is 12.7. The van der Waals surface area contributed by atoms with Gasteiger partial charge >= 0.3 is 105 Å². The Kier molecular flexibility index (Phi) is 9.42. The van der Waals surface area contributed by atoms with Gasteiger partial charge < -0.3 is 10.2 Å². The summed E-state index contributed by atoms with van der Waals surface area (Å²) in [7, 11) is 3.08. The predicted molar refractivity (Wildman–Crippen MR) is 156 cm³/mol. The Balaban J connectivity index is 0.959. The number of fused-ring (bicyclic) bond motifs is 5. The first-order chi connectivity index (χ1) is 21.3. The van der Waals surface area contributed by atoms with Gasteiger partial charge in [0.1, 0.15) is 0 Å². The number of hydrogen-bond acceptors (Lipinski definition) is 9. The molecule has 1 saturated heterocycles. The number of nitrogens with zero attached hydrogens (tertiary/aromatic N) is 2. The van der Waals surface area contributed by atoms with Crippen molar-refractivity contribution in [2.45, 2.75) is 32.1 Å². The Labute approximate surface area is 254 Å². The monoisotopic (exact) mass is 598 g/mol. The van der Waals surface area contributed by atoms with Crippen LogP contribution < -0.4 is 10.6 Å². The van der Waals surface area contributed by atoms with Gasteiger partial charge in [0.25, 0.3) is 17.7 Å². The molecular formula is C31H31BN4O8. The molecule has 226 valence electrons. The number of unbranched alkanes of at least 4 members (excludes halogenated alkanes) is 3. The van der Waals surface area contributed by atoms with Crippen molar-refractivity contribution in [2.24, 2.45) is 28.7 Å². The molecule has 4 atom stereocenters. The predicted octanol–water partition coefficient (Wildman–Crippen LogP) is 2.44. The molecular weight excluding hydrogens is 567 g/mol. The average Bonchev–Trinajstić information content (AvgIpc) is 3.73. The summed E-state index contributed by atoms with van der Waals surface area (Å²) in [6, 6.07) is 11.8. The van der Waals surface area contributed by atoms with E-state index >= 15 is 0 Å². The molecule has 12 nitrogen and oxygen atoms in total. The van der Waals surface area contributed by atoms with Crippen LogP contribution in [0.4, 0.5) is 0 Å². The van der Waals surface area contributed by atoms with Gasteiger partial charge in [0, 0.05) is 12.1 Å². The third kappa shape index (κ3) is 6.51. The summed E-state index contributed by atoms with van der Waals surface area (Å²) in [4.78, 5) is 84.0. The fourth-order valence-electron chi connectivity index (χ4n) is 5.94. The van der Waals surface area contributed by atoms with Crippen LogP contribution >= 0.6 is 0 Å². The molecule has 2 N–H and O–H groups in total. The molecule has 1 heterocycles. The van der Waals surface area contributed by atoms with Gasteiger partial charge in [-0.25, -0.2) is 4.79 Å². The Morgan fingerprint density at radius 3 is 1.59 bits per heavy atom. The van der Waals surface area contributed by atoms with Crippen molar-refractivity contribution in [3.63, 3.8) is 0 Å². The van der Waals surface area contributed by atoms with Crippen molar-refractivity contribution in [3.8, 4) is 0 Å². The summed E-state index contributed by atoms with van der Waals surface area (Å²) in [5.41, 5.74) is 1.16. The number of amides is 4. The van der Waals surface area contributed by atoms with E-state index in [4.69, 9.17) is 4.84 Å². The van der Waals surface area contributed by atoms with Crippen LogP contribution in [0.1, 0.15) is 73.5 Å². The van der Waals surface area contributed by atoms with E-state index in [1.807, 2.05) is 12.2 Å². The average molecular weight is 598 g/mol. The van der Waals surface area contributed by atoms with Gasteiger partial charge in [-0.2, -0.15) is 0 Å². The molecule has 1 saturated carbocycles. The van der Waals surface area contributed by atoms with Crippen molar-refractivity contribution < 1.29 is 38.4 Å². The van der Waals surface area contributed by atoms with Crippen molar-refractivity contribution in [1.29, 1.82) is 0 Å². The molecule has 5 rings (SSSR count). The fraction of sp³-hybridized carbons (Fsp3) is 0.355. The number of benzene rings is 2. The Morgan fingerprint density at radius 2 is 1.14 bits per heavy atom. The Morgan fingerprint density at radius 1 is 0.705 bits per heavy atom. The molecule has 44 heavy (non-hydrogen) atoms. The van der Waals surface area contributed by atoms with E-state index in [2.05, 4.69) is 28.2 Å². The first-order valence-electron chi connectivity index (χ1n) is 14.5. The van der Waals surface area contributed by atoms with Crippen LogP contribution in [-0.4, -0.2) is 61.4 Å². The minimum absolute atomic E-state index is 0.0170. The molecule has 0 spiro atoms. The summed E-state index contributed by atoms with van der Waals surface area (Å²) < 4.78 is 0. The van der Waals surface area contributed by atoms with Crippen molar-refractivity contribution in [2.75, 3.05) is 13.1 Å². The quantitative estimate of drug-likeness (QED) is 0.117. The molecule has 3 aliphatic rings. The normalized spacial score (nSPS) is 21.1. The first-order valence-corrected chi connectivity index (χ1v) is 14.5. The minimum atomic E-state index is -0.836. The standard InChI is InChI=1S/C31H31BN4O8/c32-35-43-30(41)20-9-5-18(6-10-20)26(37)33-15-3-1-2-4-16-34-27(38)19-7-11-21(12-8-19)31(42)44-36-28(39)24-22-13-14-23(17-22)25(24)29(36)40/h5-14,22-25,32H,1-4,15-17H2,(H,33,37)(H,34,38). The molecule has 2 aromatic rings. The van der Waals surface area contributed by atoms with Crippen LogP contribution in [0.3, 0.4) is 0 Å². The third-order valence-corrected chi connectivity index (χ3v) is 8.19. The first kappa shape index (κ1) is 30.5. The van der Waals surface area contributed by atoms with Gasteiger partial charge in [-0.1, -0.05) is 18.6 Å². The second-order valence-electron chi connectivity index (χ2n) is 10.9. The number of nitrogens with one attached hydrogen (secondary N) is 2. The van der Waals surface area contributed by atoms with Crippen LogP contribution in [0.15, 0.2) is 65.7 Å². The summed E-state index contributed by atoms with van der Waals surface area (Å²) >= 11 is 0. The van der Waals surface area contributed by atoms with Gasteiger partial charge in [0.2, 0.25) is 0 Å². The second-order valence-corrected chi connectivity index (χ2v) is 10.9. The molecule has 0 aromatic heterocycles. The zero-order valence-corrected chi connectivity index (χ0v) is 23.9. The van der Waals surface area contributed by atoms with Gasteiger partial charge in [0.15, 0.2) is 0 Å². The molecule has 13 heteroatoms. The van der Waals surface area contributed by atoms with E-state index in [9.17, 15) is 28.8 Å². The zero-order valence-electron chi connectivity index (χ0n) is 23.9. The molecule has 2 fully saturated rings. The van der Waals surface area contributed by atoms with E-state index < -0.39 is 35.6 Å². The summed E-state index contributed by atoms with van der Waals surface area (Å²) in [6.45, 7) is 0.952. The Bertz CT molecular complexity index is 1480. The van der Waals surface area contributed by atoms with E-state index in [0.29, 0.717) is 29.3 Å². The molecule has 2 bridgehead atoms. The number of hydroxylamine groups is 2. The van der Waals surface area contributed by atoms with Gasteiger partial charge in [-0.15, -0.1) is 5.06 Å². The maximum absolute atomic E-state index is 12.7. The van der Waals surface area contributed by atoms with Crippen LogP contribution in [0.5, 0.6) is 0 Å². The van der Waals surface area contributed by atoms with Crippen molar-refractivity contribution in [3.05, 3.63) is 82.9 Å². The van der Waals surface area contributed by atoms with Crippen LogP contribution in [0, 0.1) is 23.7 Å². The number of carbonyl (C=O) groups is 6. The summed E-state index contributed by atoms with van der Waals surface area (Å²) in [5.74, 6) is -3.85. The zero-order chi connectivity index (χ0) is 31.2. The van der Waals surface area contributed by atoms with E-state index in [-0.39, 0.29) is 34.8 Å². The van der Waals surface area contributed by atoms with Crippen LogP contribution in [0.25, 0.3) is 0 Å². The van der Waals surface area contributed by atoms with E-state index in [1.165, 1.54) is 48.5 Å². The molecule has 2 aliphatic carbocycles. The Hall–Kier alpha value is -4.94.